The maximum atomic E-state index is 14.0. The highest BCUT2D eigenvalue weighted by Gasteiger charge is 2.23. The first-order valence-corrected chi connectivity index (χ1v) is 15.5. The zero-order valence-electron chi connectivity index (χ0n) is 25.8. The molecular weight excluding hydrogens is 584 g/mol. The van der Waals surface area contributed by atoms with E-state index in [1.165, 1.54) is 0 Å². The van der Waals surface area contributed by atoms with Gasteiger partial charge >= 0.3 is 0 Å². The number of amides is 2. The van der Waals surface area contributed by atoms with Gasteiger partial charge in [0.2, 0.25) is 5.91 Å². The van der Waals surface area contributed by atoms with E-state index in [1.54, 1.807) is 29.2 Å². The van der Waals surface area contributed by atoms with Crippen molar-refractivity contribution in [3.63, 3.8) is 0 Å². The number of halogens is 1. The summed E-state index contributed by atoms with van der Waals surface area (Å²) in [5, 5.41) is 1.74. The quantitative estimate of drug-likeness (QED) is 0.151. The molecule has 0 radical (unpaired) electrons. The minimum atomic E-state index is -0.249. The van der Waals surface area contributed by atoms with Crippen LogP contribution in [0.5, 0.6) is 5.75 Å². The Balaban J connectivity index is 1.33. The van der Waals surface area contributed by atoms with Crippen molar-refractivity contribution in [1.29, 1.82) is 0 Å². The molecule has 5 aromatic rings. The SMILES string of the molecule is CN(C)c1ccc(CN(CCc2c[nH]c3ccccc23)C(=O)CN(CCc2ccccc2)C(=O)COc2ccc(Cl)cc2)cc1. The first kappa shape index (κ1) is 31.7. The normalized spacial score (nSPS) is 10.9. The third kappa shape index (κ3) is 8.89. The minimum absolute atomic E-state index is 0.0424. The first-order valence-electron chi connectivity index (χ1n) is 15.1. The topological polar surface area (TPSA) is 68.9 Å². The van der Waals surface area contributed by atoms with Gasteiger partial charge in [-0.2, -0.15) is 0 Å². The summed E-state index contributed by atoms with van der Waals surface area (Å²) in [6, 6.07) is 33.3. The molecule has 4 aromatic carbocycles. The fraction of sp³-hybridized carbons (Fsp3) is 0.243. The Bertz CT molecular complexity index is 1680. The van der Waals surface area contributed by atoms with Crippen molar-refractivity contribution in [2.45, 2.75) is 19.4 Å². The molecule has 0 aliphatic carbocycles. The molecule has 1 aromatic heterocycles. The molecule has 0 spiro atoms. The molecule has 0 atom stereocenters. The summed E-state index contributed by atoms with van der Waals surface area (Å²) in [5.41, 5.74) is 5.44. The molecular formula is C37H39ClN4O3. The largest absolute Gasteiger partial charge is 0.484 e. The monoisotopic (exact) mass is 622 g/mol. The fourth-order valence-corrected chi connectivity index (χ4v) is 5.36. The Morgan fingerprint density at radius 1 is 0.733 bits per heavy atom. The van der Waals surface area contributed by atoms with Gasteiger partial charge in [-0.25, -0.2) is 0 Å². The number of benzene rings is 4. The summed E-state index contributed by atoms with van der Waals surface area (Å²) in [4.78, 5) is 36.4. The molecule has 0 saturated carbocycles. The van der Waals surface area contributed by atoms with E-state index >= 15 is 0 Å². The maximum Gasteiger partial charge on any atom is 0.260 e. The number of fused-ring (bicyclic) bond motifs is 1. The van der Waals surface area contributed by atoms with E-state index in [4.69, 9.17) is 16.3 Å². The lowest BCUT2D eigenvalue weighted by Crippen LogP contribution is -2.45. The van der Waals surface area contributed by atoms with E-state index in [0.717, 1.165) is 33.3 Å². The molecule has 1 heterocycles. The molecule has 1 N–H and O–H groups in total. The number of carbonyl (C=O) groups is 2. The van der Waals surface area contributed by atoms with Crippen LogP contribution in [0.1, 0.15) is 16.7 Å². The van der Waals surface area contributed by atoms with Gasteiger partial charge in [0.05, 0.1) is 6.54 Å². The third-order valence-corrected chi connectivity index (χ3v) is 8.12. The number of H-pyrrole nitrogens is 1. The Hall–Kier alpha value is -4.75. The van der Waals surface area contributed by atoms with Crippen LogP contribution >= 0.6 is 11.6 Å². The molecule has 0 aliphatic heterocycles. The van der Waals surface area contributed by atoms with Crippen LogP contribution in [0.25, 0.3) is 10.9 Å². The molecule has 0 bridgehead atoms. The van der Waals surface area contributed by atoms with E-state index in [-0.39, 0.29) is 25.0 Å². The lowest BCUT2D eigenvalue weighted by atomic mass is 10.1. The van der Waals surface area contributed by atoms with Gasteiger partial charge in [-0.3, -0.25) is 9.59 Å². The van der Waals surface area contributed by atoms with Gasteiger partial charge in [-0.1, -0.05) is 72.3 Å². The number of hydrogen-bond donors (Lipinski definition) is 1. The predicted octanol–water partition coefficient (Wildman–Crippen LogP) is 6.61. The van der Waals surface area contributed by atoms with Crippen molar-refractivity contribution in [1.82, 2.24) is 14.8 Å². The molecule has 5 rings (SSSR count). The molecule has 232 valence electrons. The van der Waals surface area contributed by atoms with E-state index in [9.17, 15) is 9.59 Å². The summed E-state index contributed by atoms with van der Waals surface area (Å²) >= 11 is 6.00. The van der Waals surface area contributed by atoms with Crippen LogP contribution < -0.4 is 9.64 Å². The van der Waals surface area contributed by atoms with E-state index in [0.29, 0.717) is 43.2 Å². The number of aromatic amines is 1. The van der Waals surface area contributed by atoms with Gasteiger partial charge in [-0.15, -0.1) is 0 Å². The second-order valence-electron chi connectivity index (χ2n) is 11.3. The second kappa shape index (κ2) is 15.3. The maximum absolute atomic E-state index is 14.0. The summed E-state index contributed by atoms with van der Waals surface area (Å²) in [5.74, 6) is 0.184. The average Bonchev–Trinajstić information content (AvgIpc) is 3.48. The average molecular weight is 623 g/mol. The number of ether oxygens (including phenoxy) is 1. The highest BCUT2D eigenvalue weighted by Crippen LogP contribution is 2.20. The van der Waals surface area contributed by atoms with Crippen molar-refractivity contribution in [3.8, 4) is 5.75 Å². The zero-order valence-corrected chi connectivity index (χ0v) is 26.5. The minimum Gasteiger partial charge on any atom is -0.484 e. The molecule has 7 nitrogen and oxygen atoms in total. The van der Waals surface area contributed by atoms with Crippen LogP contribution in [0.3, 0.4) is 0 Å². The molecule has 0 fully saturated rings. The molecule has 0 saturated heterocycles. The van der Waals surface area contributed by atoms with Gasteiger partial charge < -0.3 is 24.4 Å². The molecule has 0 unspecified atom stereocenters. The lowest BCUT2D eigenvalue weighted by molar-refractivity contribution is -0.142. The Morgan fingerprint density at radius 3 is 2.16 bits per heavy atom. The first-order chi connectivity index (χ1) is 21.9. The number of rotatable bonds is 14. The van der Waals surface area contributed by atoms with Crippen LogP contribution in [-0.2, 0) is 29.0 Å². The van der Waals surface area contributed by atoms with Gasteiger partial charge in [-0.05, 0) is 72.0 Å². The van der Waals surface area contributed by atoms with Crippen molar-refractivity contribution in [3.05, 3.63) is 131 Å². The number of carbonyl (C=O) groups excluding carboxylic acids is 2. The molecule has 8 heteroatoms. The van der Waals surface area contributed by atoms with Crippen molar-refractivity contribution < 1.29 is 14.3 Å². The standard InChI is InChI=1S/C37H39ClN4O3/c1-40(2)32-16-12-29(13-17-32)25-41(23-21-30-24-39-35-11-7-6-10-34(30)35)36(43)26-42(22-20-28-8-4-3-5-9-28)37(44)27-45-33-18-14-31(38)15-19-33/h3-19,24,39H,20-23,25-27H2,1-2H3. The van der Waals surface area contributed by atoms with Gasteiger partial charge in [0.1, 0.15) is 5.75 Å². The highest BCUT2D eigenvalue weighted by molar-refractivity contribution is 6.30. The van der Waals surface area contributed by atoms with Crippen LogP contribution in [-0.4, -0.2) is 66.9 Å². The Morgan fingerprint density at radius 2 is 1.42 bits per heavy atom. The van der Waals surface area contributed by atoms with Gasteiger partial charge in [0.15, 0.2) is 6.61 Å². The number of nitrogens with zero attached hydrogens (tertiary/aromatic N) is 3. The smallest absolute Gasteiger partial charge is 0.260 e. The summed E-state index contributed by atoms with van der Waals surface area (Å²) < 4.78 is 5.78. The van der Waals surface area contributed by atoms with Crippen LogP contribution in [0, 0.1) is 0 Å². The van der Waals surface area contributed by atoms with Crippen LogP contribution in [0.15, 0.2) is 109 Å². The van der Waals surface area contributed by atoms with Crippen LogP contribution in [0.2, 0.25) is 5.02 Å². The third-order valence-electron chi connectivity index (χ3n) is 7.87. The lowest BCUT2D eigenvalue weighted by Gasteiger charge is -2.28. The Kier molecular flexibility index (Phi) is 10.8. The Labute approximate surface area is 270 Å². The molecule has 0 aliphatic rings. The van der Waals surface area contributed by atoms with Crippen molar-refractivity contribution in [2.24, 2.45) is 0 Å². The highest BCUT2D eigenvalue weighted by atomic mass is 35.5. The molecule has 2 amide bonds. The number of anilines is 1. The number of nitrogens with one attached hydrogen (secondary N) is 1. The fourth-order valence-electron chi connectivity index (χ4n) is 5.24. The van der Waals surface area contributed by atoms with Crippen molar-refractivity contribution >= 4 is 40.0 Å². The summed E-state index contributed by atoms with van der Waals surface area (Å²) in [6.45, 7) is 1.13. The summed E-state index contributed by atoms with van der Waals surface area (Å²) in [7, 11) is 4.01. The zero-order chi connectivity index (χ0) is 31.6. The number of para-hydroxylation sites is 1. The van der Waals surface area contributed by atoms with Gasteiger partial charge in [0.25, 0.3) is 5.91 Å². The predicted molar refractivity (Wildman–Crippen MR) is 182 cm³/mol. The van der Waals surface area contributed by atoms with Gasteiger partial charge in [0, 0.05) is 61.5 Å². The van der Waals surface area contributed by atoms with E-state index in [1.807, 2.05) is 72.6 Å². The number of hydrogen-bond acceptors (Lipinski definition) is 4. The van der Waals surface area contributed by atoms with Crippen molar-refractivity contribution in [2.75, 3.05) is 45.2 Å². The van der Waals surface area contributed by atoms with E-state index < -0.39 is 0 Å². The van der Waals surface area contributed by atoms with E-state index in [2.05, 4.69) is 41.4 Å². The van der Waals surface area contributed by atoms with Crippen LogP contribution in [0.4, 0.5) is 5.69 Å². The number of aromatic nitrogens is 1. The summed E-state index contributed by atoms with van der Waals surface area (Å²) in [6.07, 6.45) is 3.33. The molecule has 45 heavy (non-hydrogen) atoms. The second-order valence-corrected chi connectivity index (χ2v) is 11.7.